The van der Waals surface area contributed by atoms with Gasteiger partial charge in [-0.1, -0.05) is 12.1 Å². The zero-order chi connectivity index (χ0) is 21.6. The van der Waals surface area contributed by atoms with Crippen LogP contribution in [0.4, 0.5) is 22.0 Å². The SMILES string of the molecule is CCOC(=O)C(Cc1cccc(OC(F)(F)C(F)F)c1)C(=O)c1ccc(F)nc1. The number of ketones is 1. The third kappa shape index (κ3) is 5.97. The minimum atomic E-state index is -4.70. The molecule has 1 heterocycles. The largest absolute Gasteiger partial charge is 0.465 e. The van der Waals surface area contributed by atoms with Gasteiger partial charge < -0.3 is 9.47 Å². The molecule has 29 heavy (non-hydrogen) atoms. The maximum atomic E-state index is 13.1. The first-order valence-electron chi connectivity index (χ1n) is 8.40. The normalized spacial score (nSPS) is 12.5. The highest BCUT2D eigenvalue weighted by atomic mass is 19.3. The Bertz CT molecular complexity index is 858. The van der Waals surface area contributed by atoms with Crippen LogP contribution < -0.4 is 4.74 Å². The molecule has 10 heteroatoms. The van der Waals surface area contributed by atoms with E-state index in [1.54, 1.807) is 0 Å². The first kappa shape index (κ1) is 22.3. The van der Waals surface area contributed by atoms with Crippen molar-refractivity contribution in [3.8, 4) is 5.75 Å². The van der Waals surface area contributed by atoms with Crippen molar-refractivity contribution in [3.05, 3.63) is 59.7 Å². The molecule has 1 aromatic carbocycles. The second-order valence-electron chi connectivity index (χ2n) is 5.85. The molecule has 1 unspecified atom stereocenters. The smallest absolute Gasteiger partial charge is 0.461 e. The Morgan fingerprint density at radius 3 is 2.48 bits per heavy atom. The highest BCUT2D eigenvalue weighted by molar-refractivity contribution is 6.08. The number of benzene rings is 1. The van der Waals surface area contributed by atoms with Gasteiger partial charge in [-0.15, -0.1) is 0 Å². The van der Waals surface area contributed by atoms with E-state index in [0.29, 0.717) is 0 Å². The summed E-state index contributed by atoms with van der Waals surface area (Å²) in [5, 5.41) is 0. The molecule has 2 aromatic rings. The van der Waals surface area contributed by atoms with Crippen LogP contribution in [-0.4, -0.2) is 35.9 Å². The Morgan fingerprint density at radius 1 is 1.17 bits per heavy atom. The van der Waals surface area contributed by atoms with E-state index < -0.39 is 41.9 Å². The van der Waals surface area contributed by atoms with Gasteiger partial charge in [-0.3, -0.25) is 9.59 Å². The summed E-state index contributed by atoms with van der Waals surface area (Å²) in [6.07, 6.45) is -8.07. The highest BCUT2D eigenvalue weighted by Gasteiger charge is 2.44. The molecule has 0 radical (unpaired) electrons. The van der Waals surface area contributed by atoms with Crippen LogP contribution >= 0.6 is 0 Å². The lowest BCUT2D eigenvalue weighted by atomic mass is 9.92. The van der Waals surface area contributed by atoms with Gasteiger partial charge in [0.1, 0.15) is 11.7 Å². The lowest BCUT2D eigenvalue weighted by Gasteiger charge is -2.18. The van der Waals surface area contributed by atoms with Gasteiger partial charge in [0.25, 0.3) is 0 Å². The molecule has 5 nitrogen and oxygen atoms in total. The molecule has 0 bridgehead atoms. The van der Waals surface area contributed by atoms with E-state index in [1.807, 2.05) is 0 Å². The van der Waals surface area contributed by atoms with Crippen molar-refractivity contribution in [2.75, 3.05) is 6.61 Å². The Kier molecular flexibility index (Phi) is 7.24. The topological polar surface area (TPSA) is 65.5 Å². The molecule has 0 fully saturated rings. The second kappa shape index (κ2) is 9.44. The number of nitrogens with zero attached hydrogens (tertiary/aromatic N) is 1. The van der Waals surface area contributed by atoms with E-state index in [1.165, 1.54) is 19.1 Å². The Balaban J connectivity index is 2.27. The van der Waals surface area contributed by atoms with E-state index in [-0.39, 0.29) is 24.2 Å². The summed E-state index contributed by atoms with van der Waals surface area (Å²) in [4.78, 5) is 28.3. The minimum absolute atomic E-state index is 0.0198. The van der Waals surface area contributed by atoms with Crippen LogP contribution in [0.5, 0.6) is 5.75 Å². The Morgan fingerprint density at radius 2 is 1.90 bits per heavy atom. The van der Waals surface area contributed by atoms with Crippen molar-refractivity contribution in [1.29, 1.82) is 0 Å². The van der Waals surface area contributed by atoms with E-state index in [0.717, 1.165) is 30.5 Å². The van der Waals surface area contributed by atoms with E-state index in [4.69, 9.17) is 4.74 Å². The van der Waals surface area contributed by atoms with Crippen LogP contribution in [0.25, 0.3) is 0 Å². The predicted molar refractivity (Wildman–Crippen MR) is 90.4 cm³/mol. The van der Waals surface area contributed by atoms with Crippen LogP contribution in [0.15, 0.2) is 42.6 Å². The number of aromatic nitrogens is 1. The molecule has 0 saturated carbocycles. The first-order valence-corrected chi connectivity index (χ1v) is 8.40. The number of carbonyl (C=O) groups is 2. The number of pyridine rings is 1. The molecule has 1 atom stereocenters. The number of carbonyl (C=O) groups excluding carboxylic acids is 2. The standard InChI is InChI=1S/C19H16F5NO4/c1-2-28-17(27)14(16(26)12-6-7-15(20)25-10-12)9-11-4-3-5-13(8-11)29-19(23,24)18(21)22/h3-8,10,14,18H,2,9H2,1H3. The number of halogens is 5. The molecule has 0 aliphatic rings. The maximum absolute atomic E-state index is 13.1. The number of hydrogen-bond donors (Lipinski definition) is 0. The van der Waals surface area contributed by atoms with Gasteiger partial charge in [0, 0.05) is 11.8 Å². The average Bonchev–Trinajstić information content (AvgIpc) is 2.66. The molecular formula is C19H16F5NO4. The zero-order valence-corrected chi connectivity index (χ0v) is 15.1. The number of Topliss-reactive ketones (excluding diaryl/α,β-unsaturated/α-hetero) is 1. The third-order valence-electron chi connectivity index (χ3n) is 3.75. The van der Waals surface area contributed by atoms with Crippen LogP contribution in [0.2, 0.25) is 0 Å². The van der Waals surface area contributed by atoms with E-state index in [9.17, 15) is 31.5 Å². The fourth-order valence-corrected chi connectivity index (χ4v) is 2.42. The van der Waals surface area contributed by atoms with Crippen LogP contribution in [0.1, 0.15) is 22.8 Å². The van der Waals surface area contributed by atoms with Gasteiger partial charge in [0.05, 0.1) is 6.61 Å². The first-order chi connectivity index (χ1) is 13.6. The number of esters is 1. The monoisotopic (exact) mass is 417 g/mol. The second-order valence-corrected chi connectivity index (χ2v) is 5.85. The molecule has 0 spiro atoms. The Labute approximate surface area is 162 Å². The molecule has 2 rings (SSSR count). The van der Waals surface area contributed by atoms with Gasteiger partial charge in [0.2, 0.25) is 5.95 Å². The van der Waals surface area contributed by atoms with Gasteiger partial charge in [-0.25, -0.2) is 4.98 Å². The van der Waals surface area contributed by atoms with Gasteiger partial charge in [0.15, 0.2) is 5.78 Å². The maximum Gasteiger partial charge on any atom is 0.461 e. The molecule has 1 aromatic heterocycles. The summed E-state index contributed by atoms with van der Waals surface area (Å²) in [5.41, 5.74) is 0.134. The molecule has 0 aliphatic heterocycles. The summed E-state index contributed by atoms with van der Waals surface area (Å²) in [5.74, 6) is -4.37. The van der Waals surface area contributed by atoms with Gasteiger partial charge >= 0.3 is 18.5 Å². The van der Waals surface area contributed by atoms with Crippen molar-refractivity contribution in [3.63, 3.8) is 0 Å². The summed E-state index contributed by atoms with van der Waals surface area (Å²) < 4.78 is 72.7. The van der Waals surface area contributed by atoms with Crippen molar-refractivity contribution >= 4 is 11.8 Å². The molecule has 0 aliphatic carbocycles. The zero-order valence-electron chi connectivity index (χ0n) is 15.1. The molecule has 0 amide bonds. The summed E-state index contributed by atoms with van der Waals surface area (Å²) in [6.45, 7) is 1.51. The van der Waals surface area contributed by atoms with Crippen molar-refractivity contribution in [2.24, 2.45) is 5.92 Å². The van der Waals surface area contributed by atoms with Crippen LogP contribution in [0.3, 0.4) is 0 Å². The van der Waals surface area contributed by atoms with Crippen LogP contribution in [0, 0.1) is 11.9 Å². The van der Waals surface area contributed by atoms with Crippen LogP contribution in [-0.2, 0) is 16.0 Å². The number of rotatable bonds is 9. The number of ether oxygens (including phenoxy) is 2. The highest BCUT2D eigenvalue weighted by Crippen LogP contribution is 2.28. The lowest BCUT2D eigenvalue weighted by Crippen LogP contribution is -2.33. The molecule has 0 saturated heterocycles. The van der Waals surface area contributed by atoms with Crippen molar-refractivity contribution < 1.29 is 41.0 Å². The number of hydrogen-bond acceptors (Lipinski definition) is 5. The molecule has 156 valence electrons. The summed E-state index contributed by atoms with van der Waals surface area (Å²) in [6, 6.07) is 6.77. The van der Waals surface area contributed by atoms with Crippen molar-refractivity contribution in [2.45, 2.75) is 25.9 Å². The van der Waals surface area contributed by atoms with E-state index in [2.05, 4.69) is 9.72 Å². The van der Waals surface area contributed by atoms with E-state index >= 15 is 0 Å². The average molecular weight is 417 g/mol. The quantitative estimate of drug-likeness (QED) is 0.202. The predicted octanol–water partition coefficient (Wildman–Crippen LogP) is 4.06. The summed E-state index contributed by atoms with van der Waals surface area (Å²) in [7, 11) is 0. The lowest BCUT2D eigenvalue weighted by molar-refractivity contribution is -0.253. The fraction of sp³-hybridized carbons (Fsp3) is 0.316. The number of alkyl halides is 4. The van der Waals surface area contributed by atoms with Crippen molar-refractivity contribution in [1.82, 2.24) is 4.98 Å². The summed E-state index contributed by atoms with van der Waals surface area (Å²) >= 11 is 0. The molecule has 0 N–H and O–H groups in total. The Hall–Kier alpha value is -3.04. The molecular weight excluding hydrogens is 401 g/mol. The van der Waals surface area contributed by atoms with Gasteiger partial charge in [-0.2, -0.15) is 22.0 Å². The minimum Gasteiger partial charge on any atom is -0.465 e. The third-order valence-corrected chi connectivity index (χ3v) is 3.75. The fourth-order valence-electron chi connectivity index (χ4n) is 2.42. The van der Waals surface area contributed by atoms with Gasteiger partial charge in [-0.05, 0) is 43.2 Å².